The molecule has 0 saturated carbocycles. The zero-order chi connectivity index (χ0) is 40.7. The molecule has 2 heterocycles. The van der Waals surface area contributed by atoms with Gasteiger partial charge in [-0.25, -0.2) is 0 Å². The first-order chi connectivity index (χ1) is 29.0. The molecule has 0 spiro atoms. The maximum absolute atomic E-state index is 6.60. The van der Waals surface area contributed by atoms with E-state index in [1.54, 1.807) is 0 Å². The van der Waals surface area contributed by atoms with Crippen LogP contribution in [-0.2, 0) is 16.2 Å². The van der Waals surface area contributed by atoms with Gasteiger partial charge in [0, 0.05) is 70.3 Å². The highest BCUT2D eigenvalue weighted by Crippen LogP contribution is 2.55. The molecule has 0 saturated heterocycles. The lowest BCUT2D eigenvalue weighted by atomic mass is 9.63. The maximum Gasteiger partial charge on any atom is 0.137 e. The molecular formula is C57H47NOS. The highest BCUT2D eigenvalue weighted by molar-refractivity contribution is 7.26. The summed E-state index contributed by atoms with van der Waals surface area (Å²) < 4.78 is 9.31. The van der Waals surface area contributed by atoms with Gasteiger partial charge in [0.05, 0.1) is 5.69 Å². The maximum atomic E-state index is 6.60. The highest BCUT2D eigenvalue weighted by Gasteiger charge is 2.38. The Morgan fingerprint density at radius 3 is 1.93 bits per heavy atom. The minimum Gasteiger partial charge on any atom is -0.456 e. The normalized spacial score (nSPS) is 16.1. The van der Waals surface area contributed by atoms with Gasteiger partial charge in [0.1, 0.15) is 11.2 Å². The smallest absolute Gasteiger partial charge is 0.137 e. The van der Waals surface area contributed by atoms with Gasteiger partial charge in [-0.05, 0) is 105 Å². The number of hydrogen-bond acceptors (Lipinski definition) is 3. The van der Waals surface area contributed by atoms with Gasteiger partial charge in [-0.1, -0.05) is 145 Å². The number of fused-ring (bicyclic) bond motifs is 11. The van der Waals surface area contributed by atoms with Crippen molar-refractivity contribution in [1.29, 1.82) is 0 Å². The van der Waals surface area contributed by atoms with Gasteiger partial charge in [0.15, 0.2) is 0 Å². The lowest BCUT2D eigenvalue weighted by Crippen LogP contribution is -2.33. The molecule has 12 rings (SSSR count). The molecule has 0 amide bonds. The fourth-order valence-corrected chi connectivity index (χ4v) is 12.1. The van der Waals surface area contributed by atoms with Gasteiger partial charge in [-0.3, -0.25) is 0 Å². The Bertz CT molecular complexity index is 3430. The molecule has 10 aromatic rings. The average Bonchev–Trinajstić information content (AvgIpc) is 3.89. The first-order valence-corrected chi connectivity index (χ1v) is 22.3. The largest absolute Gasteiger partial charge is 0.456 e. The van der Waals surface area contributed by atoms with E-state index in [1.807, 2.05) is 11.3 Å². The molecule has 3 heteroatoms. The molecule has 0 aliphatic heterocycles. The van der Waals surface area contributed by atoms with Crippen LogP contribution in [0.1, 0.15) is 76.6 Å². The van der Waals surface area contributed by atoms with Crippen LogP contribution in [0.4, 0.5) is 17.1 Å². The number of hydrogen-bond donors (Lipinski definition) is 0. The van der Waals surface area contributed by atoms with Crippen LogP contribution in [0.5, 0.6) is 0 Å². The van der Waals surface area contributed by atoms with E-state index < -0.39 is 0 Å². The van der Waals surface area contributed by atoms with Gasteiger partial charge in [-0.15, -0.1) is 11.3 Å². The standard InChI is InChI=1S/C57H47NOS/c1-55(2)28-29-56(3,4)49-33-52-45(32-48(49)55)44-19-13-18-43(54(44)60-52)42-25-22-34-14-7-8-15-37(34)53(42)58(36-24-27-41-40-17-10-12-21-50(40)59-51(41)31-36)35-23-26-39-38-16-9-11-20-46(38)57(5,6)47(39)30-35/h7-27,30-33H,28-29H2,1-6H3. The van der Waals surface area contributed by atoms with Gasteiger partial charge in [0.25, 0.3) is 0 Å². The van der Waals surface area contributed by atoms with E-state index in [1.165, 1.54) is 94.0 Å². The molecule has 0 atom stereocenters. The van der Waals surface area contributed by atoms with Crippen molar-refractivity contribution >= 4 is 81.3 Å². The molecular weight excluding hydrogens is 747 g/mol. The lowest BCUT2D eigenvalue weighted by Gasteiger charge is -2.41. The van der Waals surface area contributed by atoms with Crippen LogP contribution in [0.3, 0.4) is 0 Å². The lowest BCUT2D eigenvalue weighted by molar-refractivity contribution is 0.332. The summed E-state index contributed by atoms with van der Waals surface area (Å²) in [5.74, 6) is 0. The van der Waals surface area contributed by atoms with Crippen molar-refractivity contribution in [3.8, 4) is 22.3 Å². The number of anilines is 3. The predicted molar refractivity (Wildman–Crippen MR) is 257 cm³/mol. The number of rotatable bonds is 4. The number of benzene rings is 8. The van der Waals surface area contributed by atoms with Gasteiger partial charge < -0.3 is 9.32 Å². The van der Waals surface area contributed by atoms with E-state index in [0.717, 1.165) is 33.3 Å². The second-order valence-corrected chi connectivity index (χ2v) is 20.2. The number of nitrogens with zero attached hydrogens (tertiary/aromatic N) is 1. The van der Waals surface area contributed by atoms with Crippen molar-refractivity contribution in [2.24, 2.45) is 0 Å². The summed E-state index contributed by atoms with van der Waals surface area (Å²) in [6.45, 7) is 14.5. The molecule has 2 aliphatic carbocycles. The third-order valence-corrected chi connectivity index (χ3v) is 15.5. The topological polar surface area (TPSA) is 16.4 Å². The van der Waals surface area contributed by atoms with E-state index in [-0.39, 0.29) is 16.2 Å². The van der Waals surface area contributed by atoms with Crippen molar-refractivity contribution in [3.05, 3.63) is 174 Å². The third kappa shape index (κ3) is 5.05. The quantitative estimate of drug-likeness (QED) is 0.176. The van der Waals surface area contributed by atoms with E-state index >= 15 is 0 Å². The zero-order valence-electron chi connectivity index (χ0n) is 35.1. The van der Waals surface area contributed by atoms with Crippen molar-refractivity contribution in [2.75, 3.05) is 4.90 Å². The number of thiophene rings is 1. The second kappa shape index (κ2) is 12.4. The zero-order valence-corrected chi connectivity index (χ0v) is 35.9. The van der Waals surface area contributed by atoms with Crippen LogP contribution >= 0.6 is 11.3 Å². The second-order valence-electron chi connectivity index (χ2n) is 19.1. The van der Waals surface area contributed by atoms with Crippen LogP contribution in [0.25, 0.3) is 75.1 Å². The molecule has 292 valence electrons. The molecule has 60 heavy (non-hydrogen) atoms. The Balaban J connectivity index is 1.15. The van der Waals surface area contributed by atoms with Gasteiger partial charge in [0.2, 0.25) is 0 Å². The van der Waals surface area contributed by atoms with Crippen molar-refractivity contribution in [3.63, 3.8) is 0 Å². The van der Waals surface area contributed by atoms with Crippen LogP contribution in [-0.4, -0.2) is 0 Å². The Morgan fingerprint density at radius 2 is 1.08 bits per heavy atom. The first-order valence-electron chi connectivity index (χ1n) is 21.5. The monoisotopic (exact) mass is 793 g/mol. The Kier molecular flexibility index (Phi) is 7.41. The summed E-state index contributed by atoms with van der Waals surface area (Å²) in [5.41, 5.74) is 16.2. The fraction of sp³-hybridized carbons (Fsp3) is 0.193. The van der Waals surface area contributed by atoms with Gasteiger partial charge in [-0.2, -0.15) is 0 Å². The summed E-state index contributed by atoms with van der Waals surface area (Å²) >= 11 is 1.95. The summed E-state index contributed by atoms with van der Waals surface area (Å²) in [4.78, 5) is 2.51. The summed E-state index contributed by atoms with van der Waals surface area (Å²) in [7, 11) is 0. The SMILES string of the molecule is CC1(C)CCC(C)(C)c2cc3c(cc21)sc1c(-c2ccc4ccccc4c2N(c2ccc4c(c2)C(C)(C)c2ccccc2-4)c2ccc4c(c2)oc2ccccc24)cccc13. The highest BCUT2D eigenvalue weighted by atomic mass is 32.1. The van der Waals surface area contributed by atoms with Crippen molar-refractivity contribution in [2.45, 2.75) is 70.6 Å². The summed E-state index contributed by atoms with van der Waals surface area (Å²) in [6.07, 6.45) is 2.41. The van der Waals surface area contributed by atoms with Crippen LogP contribution in [0.2, 0.25) is 0 Å². The van der Waals surface area contributed by atoms with Gasteiger partial charge >= 0.3 is 0 Å². The third-order valence-electron chi connectivity index (χ3n) is 14.3. The first kappa shape index (κ1) is 35.8. The molecule has 0 fully saturated rings. The predicted octanol–water partition coefficient (Wildman–Crippen LogP) is 16.9. The van der Waals surface area contributed by atoms with Crippen molar-refractivity contribution in [1.82, 2.24) is 0 Å². The Morgan fingerprint density at radius 1 is 0.450 bits per heavy atom. The van der Waals surface area contributed by atoms with Crippen LogP contribution in [0, 0.1) is 0 Å². The number of para-hydroxylation sites is 1. The molecule has 8 aromatic carbocycles. The molecule has 2 aliphatic rings. The minimum atomic E-state index is -0.150. The molecule has 2 aromatic heterocycles. The van der Waals surface area contributed by atoms with Crippen LogP contribution in [0.15, 0.2) is 156 Å². The van der Waals surface area contributed by atoms with E-state index in [2.05, 4.69) is 198 Å². The Labute approximate surface area is 355 Å². The van der Waals surface area contributed by atoms with E-state index in [9.17, 15) is 0 Å². The average molecular weight is 794 g/mol. The molecule has 0 N–H and O–H groups in total. The fourth-order valence-electron chi connectivity index (χ4n) is 10.9. The molecule has 2 nitrogen and oxygen atoms in total. The molecule has 0 radical (unpaired) electrons. The molecule has 0 bridgehead atoms. The van der Waals surface area contributed by atoms with Crippen LogP contribution < -0.4 is 4.90 Å². The van der Waals surface area contributed by atoms with E-state index in [0.29, 0.717) is 0 Å². The summed E-state index contributed by atoms with van der Waals surface area (Å²) in [6, 6.07) is 56.9. The van der Waals surface area contributed by atoms with E-state index in [4.69, 9.17) is 4.42 Å². The molecule has 0 unspecified atom stereocenters. The van der Waals surface area contributed by atoms with Crippen molar-refractivity contribution < 1.29 is 4.42 Å². The number of furan rings is 1. The Hall–Kier alpha value is -6.16. The minimum absolute atomic E-state index is 0.143. The summed E-state index contributed by atoms with van der Waals surface area (Å²) in [5, 5.41) is 7.39.